The summed E-state index contributed by atoms with van der Waals surface area (Å²) in [5.74, 6) is 0.147. The van der Waals surface area contributed by atoms with Gasteiger partial charge >= 0.3 is 0 Å². The summed E-state index contributed by atoms with van der Waals surface area (Å²) in [4.78, 5) is 20.1. The predicted octanol–water partition coefficient (Wildman–Crippen LogP) is 2.87. The lowest BCUT2D eigenvalue weighted by Gasteiger charge is -2.31. The Kier molecular flexibility index (Phi) is 5.08. The number of likely N-dealkylation sites (tertiary alicyclic amines) is 1. The fraction of sp³-hybridized carbons (Fsp3) is 0.444. The van der Waals surface area contributed by atoms with E-state index in [-0.39, 0.29) is 5.91 Å². The molecule has 0 bridgehead atoms. The van der Waals surface area contributed by atoms with Crippen molar-refractivity contribution in [3.05, 3.63) is 51.5 Å². The molecule has 3 rings (SSSR count). The number of benzene rings is 1. The molecule has 1 amide bonds. The number of hydrogen-bond acceptors (Lipinski definition) is 4. The molecule has 0 aliphatic carbocycles. The van der Waals surface area contributed by atoms with E-state index in [4.69, 9.17) is 0 Å². The lowest BCUT2D eigenvalue weighted by Crippen LogP contribution is -2.43. The normalized spacial score (nSPS) is 15.8. The highest BCUT2D eigenvalue weighted by Gasteiger charge is 2.25. The maximum Gasteiger partial charge on any atom is 0.265 e. The molecule has 23 heavy (non-hydrogen) atoms. The van der Waals surface area contributed by atoms with Gasteiger partial charge in [-0.25, -0.2) is 4.98 Å². The Balaban J connectivity index is 1.69. The van der Waals surface area contributed by atoms with Crippen LogP contribution in [0.1, 0.15) is 38.8 Å². The molecule has 2 aromatic rings. The molecule has 0 spiro atoms. The average molecular weight is 329 g/mol. The first-order valence-electron chi connectivity index (χ1n) is 8.14. The van der Waals surface area contributed by atoms with Gasteiger partial charge < -0.3 is 10.2 Å². The lowest BCUT2D eigenvalue weighted by molar-refractivity contribution is 0.0711. The van der Waals surface area contributed by atoms with E-state index < -0.39 is 0 Å². The summed E-state index contributed by atoms with van der Waals surface area (Å²) in [6.45, 7) is 3.60. The van der Waals surface area contributed by atoms with Crippen LogP contribution in [0.4, 0.5) is 0 Å². The van der Waals surface area contributed by atoms with E-state index in [0.29, 0.717) is 6.04 Å². The molecule has 1 saturated heterocycles. The number of nitrogens with zero attached hydrogens (tertiary/aromatic N) is 2. The summed E-state index contributed by atoms with van der Waals surface area (Å²) in [7, 11) is 1.99. The predicted molar refractivity (Wildman–Crippen MR) is 94.1 cm³/mol. The largest absolute Gasteiger partial charge is 0.338 e. The van der Waals surface area contributed by atoms with Crippen molar-refractivity contribution in [3.63, 3.8) is 0 Å². The van der Waals surface area contributed by atoms with Crippen LogP contribution in [-0.2, 0) is 6.42 Å². The highest BCUT2D eigenvalue weighted by molar-refractivity contribution is 7.13. The zero-order chi connectivity index (χ0) is 16.2. The summed E-state index contributed by atoms with van der Waals surface area (Å²) in [5, 5.41) is 4.31. The van der Waals surface area contributed by atoms with Crippen LogP contribution in [-0.4, -0.2) is 42.0 Å². The maximum absolute atomic E-state index is 12.8. The van der Waals surface area contributed by atoms with Crippen LogP contribution in [0.2, 0.25) is 0 Å². The van der Waals surface area contributed by atoms with Gasteiger partial charge in [0.15, 0.2) is 0 Å². The lowest BCUT2D eigenvalue weighted by atomic mass is 10.1. The summed E-state index contributed by atoms with van der Waals surface area (Å²) >= 11 is 1.54. The van der Waals surface area contributed by atoms with Crippen LogP contribution >= 0.6 is 11.3 Å². The maximum atomic E-state index is 12.8. The topological polar surface area (TPSA) is 45.2 Å². The van der Waals surface area contributed by atoms with Crippen LogP contribution in [0.15, 0.2) is 30.3 Å². The van der Waals surface area contributed by atoms with E-state index in [0.717, 1.165) is 47.9 Å². The van der Waals surface area contributed by atoms with Crippen molar-refractivity contribution in [2.45, 2.75) is 32.2 Å². The standard InChI is InChI=1S/C18H23N3OS/c1-13-17(18(22)21-10-8-15(19-2)9-11-21)23-16(20-13)12-14-6-4-3-5-7-14/h3-7,15,19H,8-12H2,1-2H3. The van der Waals surface area contributed by atoms with Gasteiger partial charge in [-0.3, -0.25) is 4.79 Å². The minimum absolute atomic E-state index is 0.147. The minimum Gasteiger partial charge on any atom is -0.338 e. The molecule has 0 unspecified atom stereocenters. The Morgan fingerprint density at radius 2 is 2.00 bits per heavy atom. The summed E-state index contributed by atoms with van der Waals surface area (Å²) < 4.78 is 0. The van der Waals surface area contributed by atoms with Gasteiger partial charge in [0.1, 0.15) is 4.88 Å². The molecule has 122 valence electrons. The van der Waals surface area contributed by atoms with Crippen molar-refractivity contribution in [2.24, 2.45) is 0 Å². The first kappa shape index (κ1) is 16.1. The fourth-order valence-electron chi connectivity index (χ4n) is 3.01. The first-order valence-corrected chi connectivity index (χ1v) is 8.96. The summed E-state index contributed by atoms with van der Waals surface area (Å²) in [6.07, 6.45) is 2.84. The van der Waals surface area contributed by atoms with Gasteiger partial charge in [-0.05, 0) is 32.4 Å². The number of rotatable bonds is 4. The van der Waals surface area contributed by atoms with Gasteiger partial charge in [0.05, 0.1) is 10.7 Å². The zero-order valence-electron chi connectivity index (χ0n) is 13.7. The third-order valence-electron chi connectivity index (χ3n) is 4.42. The van der Waals surface area contributed by atoms with Crippen molar-refractivity contribution in [1.82, 2.24) is 15.2 Å². The minimum atomic E-state index is 0.147. The number of aromatic nitrogens is 1. The van der Waals surface area contributed by atoms with Crippen LogP contribution in [0, 0.1) is 6.92 Å². The Morgan fingerprint density at radius 1 is 1.30 bits per heavy atom. The molecule has 1 aromatic heterocycles. The highest BCUT2D eigenvalue weighted by atomic mass is 32.1. The number of nitrogens with one attached hydrogen (secondary N) is 1. The molecule has 1 N–H and O–H groups in total. The van der Waals surface area contributed by atoms with Gasteiger partial charge in [-0.15, -0.1) is 11.3 Å². The highest BCUT2D eigenvalue weighted by Crippen LogP contribution is 2.24. The number of thiazole rings is 1. The fourth-order valence-corrected chi connectivity index (χ4v) is 4.08. The molecule has 2 heterocycles. The van der Waals surface area contributed by atoms with Crippen molar-refractivity contribution < 1.29 is 4.79 Å². The molecule has 1 aromatic carbocycles. The van der Waals surface area contributed by atoms with Crippen LogP contribution < -0.4 is 5.32 Å². The molecular formula is C18H23N3OS. The van der Waals surface area contributed by atoms with E-state index in [9.17, 15) is 4.79 Å². The third-order valence-corrected chi connectivity index (χ3v) is 5.57. The zero-order valence-corrected chi connectivity index (χ0v) is 14.5. The Bertz CT molecular complexity index is 660. The smallest absolute Gasteiger partial charge is 0.265 e. The molecular weight excluding hydrogens is 306 g/mol. The van der Waals surface area contributed by atoms with Crippen molar-refractivity contribution >= 4 is 17.2 Å². The van der Waals surface area contributed by atoms with Gasteiger partial charge in [-0.2, -0.15) is 0 Å². The van der Waals surface area contributed by atoms with E-state index in [1.54, 1.807) is 11.3 Å². The first-order chi connectivity index (χ1) is 11.2. The van der Waals surface area contributed by atoms with E-state index in [2.05, 4.69) is 22.4 Å². The second-order valence-electron chi connectivity index (χ2n) is 6.04. The van der Waals surface area contributed by atoms with Gasteiger partial charge in [0.2, 0.25) is 0 Å². The van der Waals surface area contributed by atoms with E-state index in [1.807, 2.05) is 37.1 Å². The van der Waals surface area contributed by atoms with Gasteiger partial charge in [0.25, 0.3) is 5.91 Å². The van der Waals surface area contributed by atoms with Gasteiger partial charge in [0, 0.05) is 25.6 Å². The number of carbonyl (C=O) groups excluding carboxylic acids is 1. The summed E-state index contributed by atoms with van der Waals surface area (Å²) in [6, 6.07) is 10.8. The Hall–Kier alpha value is -1.72. The van der Waals surface area contributed by atoms with Crippen molar-refractivity contribution in [1.29, 1.82) is 0 Å². The van der Waals surface area contributed by atoms with Crippen LogP contribution in [0.25, 0.3) is 0 Å². The second-order valence-corrected chi connectivity index (χ2v) is 7.12. The average Bonchev–Trinajstić information content (AvgIpc) is 2.95. The molecule has 0 radical (unpaired) electrons. The van der Waals surface area contributed by atoms with Gasteiger partial charge in [-0.1, -0.05) is 30.3 Å². The number of piperidine rings is 1. The Morgan fingerprint density at radius 3 is 2.65 bits per heavy atom. The second kappa shape index (κ2) is 7.23. The molecule has 1 aliphatic heterocycles. The number of carbonyl (C=O) groups is 1. The van der Waals surface area contributed by atoms with Crippen molar-refractivity contribution in [2.75, 3.05) is 20.1 Å². The number of aryl methyl sites for hydroxylation is 1. The van der Waals surface area contributed by atoms with Crippen LogP contribution in [0.3, 0.4) is 0 Å². The Labute approximate surface area is 141 Å². The SMILES string of the molecule is CNC1CCN(C(=O)c2sc(Cc3ccccc3)nc2C)CC1. The monoisotopic (exact) mass is 329 g/mol. The molecule has 0 atom stereocenters. The van der Waals surface area contributed by atoms with E-state index >= 15 is 0 Å². The van der Waals surface area contributed by atoms with Crippen LogP contribution in [0.5, 0.6) is 0 Å². The molecule has 0 saturated carbocycles. The molecule has 1 fully saturated rings. The quantitative estimate of drug-likeness (QED) is 0.938. The number of hydrogen-bond donors (Lipinski definition) is 1. The van der Waals surface area contributed by atoms with E-state index in [1.165, 1.54) is 5.56 Å². The summed E-state index contributed by atoms with van der Waals surface area (Å²) in [5.41, 5.74) is 2.09. The molecule has 5 heteroatoms. The van der Waals surface area contributed by atoms with Crippen molar-refractivity contribution in [3.8, 4) is 0 Å². The third kappa shape index (κ3) is 3.79. The molecule has 4 nitrogen and oxygen atoms in total. The number of amides is 1. The molecule has 1 aliphatic rings.